The second kappa shape index (κ2) is 6.53. The maximum atomic E-state index is 12.1. The quantitative estimate of drug-likeness (QED) is 0.614. The Labute approximate surface area is 119 Å². The Kier molecular flexibility index (Phi) is 4.99. The van der Waals surface area contributed by atoms with Crippen LogP contribution in [0.25, 0.3) is 0 Å². The molecular formula is C14H18O4Se. The van der Waals surface area contributed by atoms with Crippen LogP contribution in [-0.4, -0.2) is 47.5 Å². The Balaban J connectivity index is 2.22. The molecule has 5 heteroatoms. The molecule has 1 aliphatic heterocycles. The fraction of sp³-hybridized carbons (Fsp3) is 0.500. The van der Waals surface area contributed by atoms with Gasteiger partial charge in [0, 0.05) is 0 Å². The number of esters is 1. The summed E-state index contributed by atoms with van der Waals surface area (Å²) in [6, 6.07) is 10.2. The second-order valence-corrected chi connectivity index (χ2v) is 6.95. The number of carbonyl (C=O) groups is 1. The molecule has 0 amide bonds. The summed E-state index contributed by atoms with van der Waals surface area (Å²) in [5.74, 6) is -1.67. The molecule has 0 aromatic heterocycles. The summed E-state index contributed by atoms with van der Waals surface area (Å²) in [6.45, 7) is 0.532. The van der Waals surface area contributed by atoms with Crippen LogP contribution in [0.15, 0.2) is 30.3 Å². The van der Waals surface area contributed by atoms with Crippen LogP contribution in [0.5, 0.6) is 0 Å². The van der Waals surface area contributed by atoms with E-state index in [2.05, 4.69) is 12.1 Å². The molecule has 0 saturated carbocycles. The summed E-state index contributed by atoms with van der Waals surface area (Å²) in [5.41, 5.74) is 0. The monoisotopic (exact) mass is 330 g/mol. The molecule has 0 aliphatic carbocycles. The van der Waals surface area contributed by atoms with Crippen LogP contribution in [0.2, 0.25) is 4.82 Å². The van der Waals surface area contributed by atoms with E-state index in [0.29, 0.717) is 6.61 Å². The van der Waals surface area contributed by atoms with Crippen molar-refractivity contribution in [2.45, 2.75) is 23.4 Å². The Hall–Kier alpha value is -0.871. The number of ether oxygens (including phenoxy) is 3. The van der Waals surface area contributed by atoms with Gasteiger partial charge in [-0.1, -0.05) is 0 Å². The van der Waals surface area contributed by atoms with Crippen LogP contribution in [0.3, 0.4) is 0 Å². The molecule has 0 unspecified atom stereocenters. The van der Waals surface area contributed by atoms with E-state index >= 15 is 0 Å². The van der Waals surface area contributed by atoms with E-state index in [-0.39, 0.29) is 19.8 Å². The standard InChI is InChI=1S/C14H18O4Se/c1-16-13(15)14(17-2)12(9-6-10-18-14)19-11-7-4-3-5-8-11/h3-5,7-8,12H,6,9-10H2,1-2H3/t12-,14-/m0/s1. The number of rotatable bonds is 4. The molecule has 1 heterocycles. The van der Waals surface area contributed by atoms with Gasteiger partial charge in [0.15, 0.2) is 0 Å². The molecule has 0 N–H and O–H groups in total. The number of methoxy groups -OCH3 is 2. The first-order valence-electron chi connectivity index (χ1n) is 6.22. The molecule has 0 spiro atoms. The first-order valence-corrected chi connectivity index (χ1v) is 8.06. The average molecular weight is 329 g/mol. The predicted octanol–water partition coefficient (Wildman–Crippen LogP) is 1.13. The second-order valence-electron chi connectivity index (χ2n) is 4.27. The Morgan fingerprint density at radius 3 is 2.74 bits per heavy atom. The average Bonchev–Trinajstić information content (AvgIpc) is 2.48. The van der Waals surface area contributed by atoms with Crippen molar-refractivity contribution in [2.24, 2.45) is 0 Å². The zero-order valence-electron chi connectivity index (χ0n) is 11.1. The Bertz CT molecular complexity index is 423. The minimum atomic E-state index is -1.23. The van der Waals surface area contributed by atoms with Crippen molar-refractivity contribution in [1.29, 1.82) is 0 Å². The van der Waals surface area contributed by atoms with Crippen LogP contribution in [0.4, 0.5) is 0 Å². The number of hydrogen-bond donors (Lipinski definition) is 0. The van der Waals surface area contributed by atoms with E-state index in [1.807, 2.05) is 18.2 Å². The van der Waals surface area contributed by atoms with E-state index < -0.39 is 11.8 Å². The SMILES string of the molecule is COC(=O)[C@@]1(OC)OCCC[C@@H]1[Se]c1ccccc1. The van der Waals surface area contributed by atoms with Crippen LogP contribution in [-0.2, 0) is 19.0 Å². The van der Waals surface area contributed by atoms with E-state index in [9.17, 15) is 4.79 Å². The third kappa shape index (κ3) is 3.00. The van der Waals surface area contributed by atoms with E-state index in [1.165, 1.54) is 18.7 Å². The topological polar surface area (TPSA) is 44.8 Å². The van der Waals surface area contributed by atoms with E-state index in [1.54, 1.807) is 0 Å². The van der Waals surface area contributed by atoms with E-state index in [4.69, 9.17) is 14.2 Å². The van der Waals surface area contributed by atoms with Gasteiger partial charge in [0.05, 0.1) is 0 Å². The Morgan fingerprint density at radius 2 is 2.11 bits per heavy atom. The first kappa shape index (κ1) is 14.5. The third-order valence-electron chi connectivity index (χ3n) is 3.15. The fourth-order valence-electron chi connectivity index (χ4n) is 2.18. The van der Waals surface area contributed by atoms with Gasteiger partial charge >= 0.3 is 119 Å². The first-order chi connectivity index (χ1) is 9.23. The number of benzene rings is 1. The molecule has 0 radical (unpaired) electrons. The van der Waals surface area contributed by atoms with Gasteiger partial charge in [0.25, 0.3) is 0 Å². The predicted molar refractivity (Wildman–Crippen MR) is 72.5 cm³/mol. The molecule has 104 valence electrons. The molecule has 2 atom stereocenters. The summed E-state index contributed by atoms with van der Waals surface area (Å²) in [5, 5.41) is 0. The zero-order chi connectivity index (χ0) is 13.7. The maximum absolute atomic E-state index is 12.1. The summed E-state index contributed by atoms with van der Waals surface area (Å²) in [6.07, 6.45) is 1.86. The number of carbonyl (C=O) groups excluding carboxylic acids is 1. The summed E-state index contributed by atoms with van der Waals surface area (Å²) >= 11 is 0.103. The zero-order valence-corrected chi connectivity index (χ0v) is 12.8. The van der Waals surface area contributed by atoms with Crippen molar-refractivity contribution in [2.75, 3.05) is 20.8 Å². The molecule has 0 bridgehead atoms. The molecule has 1 aromatic rings. The van der Waals surface area contributed by atoms with Crippen molar-refractivity contribution in [3.8, 4) is 0 Å². The molecule has 2 rings (SSSR count). The van der Waals surface area contributed by atoms with Crippen molar-refractivity contribution >= 4 is 25.4 Å². The number of hydrogen-bond acceptors (Lipinski definition) is 4. The van der Waals surface area contributed by atoms with Gasteiger partial charge < -0.3 is 0 Å². The van der Waals surface area contributed by atoms with Gasteiger partial charge in [-0.2, -0.15) is 0 Å². The van der Waals surface area contributed by atoms with Crippen LogP contribution in [0.1, 0.15) is 12.8 Å². The molecule has 1 aromatic carbocycles. The minimum absolute atomic E-state index is 0.0357. The van der Waals surface area contributed by atoms with Gasteiger partial charge in [0.1, 0.15) is 0 Å². The molecule has 1 aliphatic rings. The molecule has 1 saturated heterocycles. The molecule has 19 heavy (non-hydrogen) atoms. The molecular weight excluding hydrogens is 311 g/mol. The van der Waals surface area contributed by atoms with Crippen molar-refractivity contribution in [3.63, 3.8) is 0 Å². The van der Waals surface area contributed by atoms with Gasteiger partial charge in [-0.3, -0.25) is 0 Å². The molecule has 4 nitrogen and oxygen atoms in total. The summed E-state index contributed by atoms with van der Waals surface area (Å²) < 4.78 is 17.2. The van der Waals surface area contributed by atoms with Crippen LogP contribution in [0, 0.1) is 0 Å². The van der Waals surface area contributed by atoms with Crippen molar-refractivity contribution in [1.82, 2.24) is 0 Å². The fourth-order valence-corrected chi connectivity index (χ4v) is 5.00. The van der Waals surface area contributed by atoms with Crippen molar-refractivity contribution in [3.05, 3.63) is 30.3 Å². The van der Waals surface area contributed by atoms with E-state index in [0.717, 1.165) is 12.8 Å². The van der Waals surface area contributed by atoms with Crippen LogP contribution >= 0.6 is 0 Å². The Morgan fingerprint density at radius 1 is 1.37 bits per heavy atom. The normalized spacial score (nSPS) is 26.9. The van der Waals surface area contributed by atoms with Gasteiger partial charge in [-0.15, -0.1) is 0 Å². The summed E-state index contributed by atoms with van der Waals surface area (Å²) in [7, 11) is 2.88. The third-order valence-corrected chi connectivity index (χ3v) is 6.03. The van der Waals surface area contributed by atoms with Gasteiger partial charge in [-0.05, 0) is 0 Å². The van der Waals surface area contributed by atoms with Crippen molar-refractivity contribution < 1.29 is 19.0 Å². The van der Waals surface area contributed by atoms with Crippen LogP contribution < -0.4 is 4.46 Å². The van der Waals surface area contributed by atoms with Gasteiger partial charge in [-0.25, -0.2) is 0 Å². The van der Waals surface area contributed by atoms with Gasteiger partial charge in [0.2, 0.25) is 0 Å². The summed E-state index contributed by atoms with van der Waals surface area (Å²) in [4.78, 5) is 12.1. The molecule has 1 fully saturated rings.